The molecule has 0 radical (unpaired) electrons. The van der Waals surface area contributed by atoms with Crippen LogP contribution in [0.4, 0.5) is 5.69 Å². The van der Waals surface area contributed by atoms with Crippen molar-refractivity contribution in [2.75, 3.05) is 13.1 Å². The Labute approximate surface area is 152 Å². The normalized spacial score (nSPS) is 16.6. The van der Waals surface area contributed by atoms with Gasteiger partial charge < -0.3 is 5.32 Å². The van der Waals surface area contributed by atoms with Gasteiger partial charge in [-0.25, -0.2) is 13.1 Å². The summed E-state index contributed by atoms with van der Waals surface area (Å²) in [7, 11) is -3.81. The Balaban J connectivity index is 0.00000225. The fourth-order valence-corrected chi connectivity index (χ4v) is 3.90. The largest absolute Gasteiger partial charge is 0.308 e. The van der Waals surface area contributed by atoms with Crippen molar-refractivity contribution in [3.8, 4) is 0 Å². The molecule has 2 aromatic rings. The zero-order valence-electron chi connectivity index (χ0n) is 13.2. The number of benzene rings is 2. The van der Waals surface area contributed by atoms with Crippen LogP contribution >= 0.6 is 12.4 Å². The first-order valence-corrected chi connectivity index (χ1v) is 9.01. The molecule has 1 atom stereocenters. The second kappa shape index (κ2) is 7.92. The van der Waals surface area contributed by atoms with Crippen molar-refractivity contribution in [3.63, 3.8) is 0 Å². The van der Waals surface area contributed by atoms with Crippen molar-refractivity contribution >= 4 is 28.1 Å². The summed E-state index contributed by atoms with van der Waals surface area (Å²) in [6.07, 6.45) is 0.907. The highest BCUT2D eigenvalue weighted by molar-refractivity contribution is 7.89. The monoisotopic (exact) mass is 383 g/mol. The van der Waals surface area contributed by atoms with Gasteiger partial charge in [0.1, 0.15) is 0 Å². The number of nitro benzene ring substituents is 1. The van der Waals surface area contributed by atoms with E-state index in [4.69, 9.17) is 0 Å². The van der Waals surface area contributed by atoms with Crippen LogP contribution in [0.5, 0.6) is 0 Å². The third kappa shape index (κ3) is 4.35. The third-order valence-electron chi connectivity index (χ3n) is 4.03. The molecule has 0 saturated carbocycles. The van der Waals surface area contributed by atoms with Gasteiger partial charge in [0.2, 0.25) is 10.0 Å². The number of halogens is 1. The van der Waals surface area contributed by atoms with Crippen LogP contribution in [0, 0.1) is 10.1 Å². The number of fused-ring (bicyclic) bond motifs is 1. The number of hydrogen-bond acceptors (Lipinski definition) is 5. The Morgan fingerprint density at radius 2 is 1.96 bits per heavy atom. The fourth-order valence-electron chi connectivity index (χ4n) is 2.82. The maximum atomic E-state index is 12.4. The summed E-state index contributed by atoms with van der Waals surface area (Å²) in [4.78, 5) is 10.1. The predicted octanol–water partition coefficient (Wildman–Crippen LogP) is 2.18. The first-order valence-electron chi connectivity index (χ1n) is 7.53. The van der Waals surface area contributed by atoms with Gasteiger partial charge in [-0.15, -0.1) is 12.4 Å². The van der Waals surface area contributed by atoms with Gasteiger partial charge in [0.05, 0.1) is 9.82 Å². The van der Waals surface area contributed by atoms with Crippen molar-refractivity contribution in [1.82, 2.24) is 10.0 Å². The average molecular weight is 384 g/mol. The number of nitrogens with one attached hydrogen (secondary N) is 2. The van der Waals surface area contributed by atoms with E-state index in [0.717, 1.165) is 24.6 Å². The number of nitrogens with zero attached hydrogens (tertiary/aromatic N) is 1. The summed E-state index contributed by atoms with van der Waals surface area (Å²) in [5.74, 6) is 0. The summed E-state index contributed by atoms with van der Waals surface area (Å²) in [5.41, 5.74) is 2.03. The molecule has 7 nitrogen and oxygen atoms in total. The van der Waals surface area contributed by atoms with E-state index in [-0.39, 0.29) is 35.6 Å². The highest BCUT2D eigenvalue weighted by Gasteiger charge is 2.23. The van der Waals surface area contributed by atoms with Crippen LogP contribution < -0.4 is 10.0 Å². The minimum absolute atomic E-state index is 0. The average Bonchev–Trinajstić information content (AvgIpc) is 2.60. The van der Waals surface area contributed by atoms with Gasteiger partial charge in [-0.05, 0) is 30.2 Å². The summed E-state index contributed by atoms with van der Waals surface area (Å²) in [5, 5.41) is 14.1. The van der Waals surface area contributed by atoms with Gasteiger partial charge in [0.15, 0.2) is 0 Å². The predicted molar refractivity (Wildman–Crippen MR) is 96.4 cm³/mol. The van der Waals surface area contributed by atoms with Gasteiger partial charge in [-0.2, -0.15) is 0 Å². The van der Waals surface area contributed by atoms with Crippen LogP contribution in [0.1, 0.15) is 17.2 Å². The minimum Gasteiger partial charge on any atom is -0.308 e. The van der Waals surface area contributed by atoms with E-state index in [1.807, 2.05) is 24.3 Å². The number of nitro groups is 1. The smallest absolute Gasteiger partial charge is 0.270 e. The zero-order chi connectivity index (χ0) is 17.2. The Kier molecular flexibility index (Phi) is 6.12. The summed E-state index contributed by atoms with van der Waals surface area (Å²) >= 11 is 0. The topological polar surface area (TPSA) is 101 Å². The summed E-state index contributed by atoms with van der Waals surface area (Å²) < 4.78 is 27.3. The van der Waals surface area contributed by atoms with Crippen LogP contribution in [-0.2, 0) is 16.4 Å². The first-order chi connectivity index (χ1) is 11.5. The van der Waals surface area contributed by atoms with E-state index >= 15 is 0 Å². The van der Waals surface area contributed by atoms with Crippen LogP contribution in [0.2, 0.25) is 0 Å². The number of rotatable bonds is 5. The molecule has 2 N–H and O–H groups in total. The standard InChI is InChI=1S/C16H17N3O4S.ClH/c20-19(21)13-5-3-6-14(10-13)24(22,23)18-11-16-15-7-2-1-4-12(15)8-9-17-16;/h1-7,10,16-18H,8-9,11H2;1H. The van der Waals surface area contributed by atoms with Crippen molar-refractivity contribution in [2.45, 2.75) is 17.4 Å². The SMILES string of the molecule is Cl.O=[N+]([O-])c1cccc(S(=O)(=O)NCC2NCCc3ccccc32)c1. The Bertz CT molecular complexity index is 873. The molecule has 1 unspecified atom stereocenters. The quantitative estimate of drug-likeness (QED) is 0.608. The molecule has 0 fully saturated rings. The Hall–Kier alpha value is -2.00. The Morgan fingerprint density at radius 1 is 1.20 bits per heavy atom. The van der Waals surface area contributed by atoms with Gasteiger partial charge >= 0.3 is 0 Å². The molecule has 0 amide bonds. The lowest BCUT2D eigenvalue weighted by molar-refractivity contribution is -0.385. The molecule has 0 spiro atoms. The lowest BCUT2D eigenvalue weighted by Gasteiger charge is -2.27. The van der Waals surface area contributed by atoms with Crippen molar-refractivity contribution in [3.05, 3.63) is 69.8 Å². The van der Waals surface area contributed by atoms with Crippen LogP contribution in [0.3, 0.4) is 0 Å². The van der Waals surface area contributed by atoms with Crippen LogP contribution in [-0.4, -0.2) is 26.4 Å². The lowest BCUT2D eigenvalue weighted by atomic mass is 9.95. The van der Waals surface area contributed by atoms with Crippen molar-refractivity contribution < 1.29 is 13.3 Å². The van der Waals surface area contributed by atoms with E-state index in [0.29, 0.717) is 0 Å². The molecule has 0 bridgehead atoms. The van der Waals surface area contributed by atoms with Crippen LogP contribution in [0.15, 0.2) is 53.4 Å². The molecule has 134 valence electrons. The molecule has 1 heterocycles. The highest BCUT2D eigenvalue weighted by Crippen LogP contribution is 2.23. The fraction of sp³-hybridized carbons (Fsp3) is 0.250. The molecule has 3 rings (SSSR count). The first kappa shape index (κ1) is 19.3. The second-order valence-electron chi connectivity index (χ2n) is 5.56. The molecule has 0 aromatic heterocycles. The Morgan fingerprint density at radius 3 is 2.72 bits per heavy atom. The number of hydrogen-bond donors (Lipinski definition) is 2. The molecule has 1 aliphatic heterocycles. The number of non-ortho nitro benzene ring substituents is 1. The van der Waals surface area contributed by atoms with Gasteiger partial charge in [-0.1, -0.05) is 30.3 Å². The van der Waals surface area contributed by atoms with Gasteiger partial charge in [0, 0.05) is 24.7 Å². The van der Waals surface area contributed by atoms with E-state index in [9.17, 15) is 18.5 Å². The molecular weight excluding hydrogens is 366 g/mol. The minimum atomic E-state index is -3.81. The van der Waals surface area contributed by atoms with Crippen molar-refractivity contribution in [2.24, 2.45) is 0 Å². The summed E-state index contributed by atoms with van der Waals surface area (Å²) in [6, 6.07) is 12.8. The molecule has 0 aliphatic carbocycles. The van der Waals surface area contributed by atoms with Crippen molar-refractivity contribution in [1.29, 1.82) is 0 Å². The third-order valence-corrected chi connectivity index (χ3v) is 5.45. The van der Waals surface area contributed by atoms with Gasteiger partial charge in [0.25, 0.3) is 5.69 Å². The van der Waals surface area contributed by atoms with Gasteiger partial charge in [-0.3, -0.25) is 10.1 Å². The van der Waals surface area contributed by atoms with E-state index in [1.165, 1.54) is 23.8 Å². The molecule has 1 aliphatic rings. The zero-order valence-corrected chi connectivity index (χ0v) is 14.8. The van der Waals surface area contributed by atoms with E-state index in [2.05, 4.69) is 10.0 Å². The maximum absolute atomic E-state index is 12.4. The molecule has 0 saturated heterocycles. The second-order valence-corrected chi connectivity index (χ2v) is 7.33. The lowest BCUT2D eigenvalue weighted by Crippen LogP contribution is -2.38. The maximum Gasteiger partial charge on any atom is 0.270 e. The molecule has 9 heteroatoms. The van der Waals surface area contributed by atoms with E-state index in [1.54, 1.807) is 0 Å². The molecule has 2 aromatic carbocycles. The molecular formula is C16H18ClN3O4S. The highest BCUT2D eigenvalue weighted by atomic mass is 35.5. The number of sulfonamides is 1. The molecule has 25 heavy (non-hydrogen) atoms. The summed E-state index contributed by atoms with van der Waals surface area (Å²) in [6.45, 7) is 0.961. The van der Waals surface area contributed by atoms with Crippen LogP contribution in [0.25, 0.3) is 0 Å². The van der Waals surface area contributed by atoms with E-state index < -0.39 is 14.9 Å².